The molecular formula is C12H12N2O. The van der Waals surface area contributed by atoms with Gasteiger partial charge in [0.05, 0.1) is 0 Å². The largest absolute Gasteiger partial charge is 0.507 e. The molecule has 0 radical (unpaired) electrons. The summed E-state index contributed by atoms with van der Waals surface area (Å²) in [6, 6.07) is 7.15. The van der Waals surface area contributed by atoms with Crippen molar-refractivity contribution in [1.82, 2.24) is 0 Å². The summed E-state index contributed by atoms with van der Waals surface area (Å²) < 4.78 is 0. The number of hydrogen-bond acceptors (Lipinski definition) is 3. The molecule has 1 heterocycles. The van der Waals surface area contributed by atoms with E-state index in [0.717, 1.165) is 17.6 Å². The number of nitrogens with zero attached hydrogens (tertiary/aromatic N) is 1. The van der Waals surface area contributed by atoms with Gasteiger partial charge >= 0.3 is 0 Å². The molecule has 0 bridgehead atoms. The van der Waals surface area contributed by atoms with Gasteiger partial charge in [-0.05, 0) is 24.1 Å². The summed E-state index contributed by atoms with van der Waals surface area (Å²) in [6.45, 7) is 0. The molecule has 0 aliphatic carbocycles. The van der Waals surface area contributed by atoms with Crippen molar-refractivity contribution in [3.05, 3.63) is 47.7 Å². The molecule has 0 saturated heterocycles. The third kappa shape index (κ3) is 2.07. The van der Waals surface area contributed by atoms with Gasteiger partial charge in [0.2, 0.25) is 0 Å². The number of allylic oxidation sites excluding steroid dienone is 1. The molecule has 0 unspecified atom stereocenters. The predicted octanol–water partition coefficient (Wildman–Crippen LogP) is 2.05. The number of benzene rings is 1. The van der Waals surface area contributed by atoms with Crippen LogP contribution in [0.3, 0.4) is 0 Å². The Kier molecular flexibility index (Phi) is 2.54. The third-order valence-electron chi connectivity index (χ3n) is 2.25. The standard InChI is InChI=1S/C12H12N2O/c13-12-10(5-3-7-14-12)8-9-4-1-2-6-11(9)15/h1-4,6-8,15H,5H2,(H2,13,14)/b10-8-. The summed E-state index contributed by atoms with van der Waals surface area (Å²) in [7, 11) is 0. The van der Waals surface area contributed by atoms with E-state index in [-0.39, 0.29) is 5.75 Å². The van der Waals surface area contributed by atoms with E-state index in [0.29, 0.717) is 5.84 Å². The SMILES string of the molecule is NC1=NC=CC/C1=C/c1ccccc1O. The van der Waals surface area contributed by atoms with Crippen LogP contribution in [0.15, 0.2) is 47.1 Å². The van der Waals surface area contributed by atoms with Crippen LogP contribution in [-0.2, 0) is 0 Å². The number of para-hydroxylation sites is 1. The van der Waals surface area contributed by atoms with Gasteiger partial charge in [-0.3, -0.25) is 0 Å². The minimum absolute atomic E-state index is 0.257. The molecular weight excluding hydrogens is 188 g/mol. The Morgan fingerprint density at radius 3 is 2.87 bits per heavy atom. The maximum Gasteiger partial charge on any atom is 0.126 e. The van der Waals surface area contributed by atoms with Crippen molar-refractivity contribution in [3.8, 4) is 5.75 Å². The van der Waals surface area contributed by atoms with E-state index < -0.39 is 0 Å². The van der Waals surface area contributed by atoms with Gasteiger partial charge in [-0.25, -0.2) is 4.99 Å². The Morgan fingerprint density at radius 2 is 2.13 bits per heavy atom. The van der Waals surface area contributed by atoms with Crippen molar-refractivity contribution >= 4 is 11.9 Å². The number of phenolic OH excluding ortho intramolecular Hbond substituents is 1. The van der Waals surface area contributed by atoms with Gasteiger partial charge in [0.15, 0.2) is 0 Å². The molecule has 2 rings (SSSR count). The fraction of sp³-hybridized carbons (Fsp3) is 0.0833. The highest BCUT2D eigenvalue weighted by molar-refractivity contribution is 6.02. The highest BCUT2D eigenvalue weighted by Gasteiger charge is 2.05. The van der Waals surface area contributed by atoms with Crippen LogP contribution >= 0.6 is 0 Å². The molecule has 1 aromatic rings. The lowest BCUT2D eigenvalue weighted by atomic mass is 10.1. The molecule has 1 aliphatic heterocycles. The Balaban J connectivity index is 2.35. The molecule has 0 spiro atoms. The number of nitrogens with two attached hydrogens (primary N) is 1. The van der Waals surface area contributed by atoms with E-state index >= 15 is 0 Å². The first-order valence-corrected chi connectivity index (χ1v) is 4.74. The number of aromatic hydroxyl groups is 1. The fourth-order valence-corrected chi connectivity index (χ4v) is 1.43. The minimum atomic E-state index is 0.257. The van der Waals surface area contributed by atoms with Gasteiger partial charge in [0.1, 0.15) is 11.6 Å². The van der Waals surface area contributed by atoms with Crippen molar-refractivity contribution in [1.29, 1.82) is 0 Å². The molecule has 0 amide bonds. The van der Waals surface area contributed by atoms with Crippen LogP contribution in [0, 0.1) is 0 Å². The summed E-state index contributed by atoms with van der Waals surface area (Å²) in [5, 5.41) is 9.58. The van der Waals surface area contributed by atoms with Crippen LogP contribution in [0.4, 0.5) is 0 Å². The Hall–Kier alpha value is -2.03. The zero-order chi connectivity index (χ0) is 10.7. The van der Waals surface area contributed by atoms with Crippen LogP contribution in [-0.4, -0.2) is 10.9 Å². The minimum Gasteiger partial charge on any atom is -0.507 e. The summed E-state index contributed by atoms with van der Waals surface area (Å²) in [5.41, 5.74) is 7.42. The molecule has 3 N–H and O–H groups in total. The molecule has 0 fully saturated rings. The highest BCUT2D eigenvalue weighted by atomic mass is 16.3. The summed E-state index contributed by atoms with van der Waals surface area (Å²) >= 11 is 0. The lowest BCUT2D eigenvalue weighted by Crippen LogP contribution is -2.15. The smallest absolute Gasteiger partial charge is 0.126 e. The lowest BCUT2D eigenvalue weighted by molar-refractivity contribution is 0.474. The van der Waals surface area contributed by atoms with Crippen molar-refractivity contribution in [2.45, 2.75) is 6.42 Å². The summed E-state index contributed by atoms with van der Waals surface area (Å²) in [4.78, 5) is 4.00. The van der Waals surface area contributed by atoms with E-state index in [1.807, 2.05) is 24.3 Å². The van der Waals surface area contributed by atoms with Gasteiger partial charge in [-0.2, -0.15) is 0 Å². The number of amidine groups is 1. The zero-order valence-corrected chi connectivity index (χ0v) is 8.22. The van der Waals surface area contributed by atoms with Gasteiger partial charge in [0.25, 0.3) is 0 Å². The second-order valence-corrected chi connectivity index (χ2v) is 3.33. The average Bonchev–Trinajstić information content (AvgIpc) is 2.24. The Labute approximate surface area is 88.3 Å². The van der Waals surface area contributed by atoms with E-state index in [4.69, 9.17) is 5.73 Å². The summed E-state index contributed by atoms with van der Waals surface area (Å²) in [6.07, 6.45) is 6.24. The van der Waals surface area contributed by atoms with Crippen LogP contribution in [0.2, 0.25) is 0 Å². The third-order valence-corrected chi connectivity index (χ3v) is 2.25. The van der Waals surface area contributed by atoms with Crippen LogP contribution in [0.1, 0.15) is 12.0 Å². The first-order chi connectivity index (χ1) is 7.27. The van der Waals surface area contributed by atoms with Crippen LogP contribution < -0.4 is 5.73 Å². The van der Waals surface area contributed by atoms with Gasteiger partial charge in [-0.1, -0.05) is 24.3 Å². The number of phenols is 1. The molecule has 1 aliphatic rings. The fourth-order valence-electron chi connectivity index (χ4n) is 1.43. The van der Waals surface area contributed by atoms with E-state index in [2.05, 4.69) is 4.99 Å². The highest BCUT2D eigenvalue weighted by Crippen LogP contribution is 2.21. The van der Waals surface area contributed by atoms with Crippen molar-refractivity contribution in [2.24, 2.45) is 10.7 Å². The molecule has 76 valence electrons. The van der Waals surface area contributed by atoms with Crippen molar-refractivity contribution in [2.75, 3.05) is 0 Å². The van der Waals surface area contributed by atoms with Crippen molar-refractivity contribution < 1.29 is 5.11 Å². The molecule has 0 atom stereocenters. The molecule has 0 aromatic heterocycles. The Bertz CT molecular complexity index is 458. The van der Waals surface area contributed by atoms with Crippen molar-refractivity contribution in [3.63, 3.8) is 0 Å². The first kappa shape index (κ1) is 9.52. The number of rotatable bonds is 1. The van der Waals surface area contributed by atoms with Crippen LogP contribution in [0.5, 0.6) is 5.75 Å². The van der Waals surface area contributed by atoms with E-state index in [1.165, 1.54) is 0 Å². The van der Waals surface area contributed by atoms with Crippen LogP contribution in [0.25, 0.3) is 6.08 Å². The van der Waals surface area contributed by atoms with E-state index in [9.17, 15) is 5.11 Å². The van der Waals surface area contributed by atoms with Gasteiger partial charge in [-0.15, -0.1) is 0 Å². The zero-order valence-electron chi connectivity index (χ0n) is 8.22. The Morgan fingerprint density at radius 1 is 1.33 bits per heavy atom. The lowest BCUT2D eigenvalue weighted by Gasteiger charge is -2.08. The van der Waals surface area contributed by atoms with Gasteiger partial charge in [0, 0.05) is 11.8 Å². The maximum atomic E-state index is 9.58. The average molecular weight is 200 g/mol. The monoisotopic (exact) mass is 200 g/mol. The summed E-state index contributed by atoms with van der Waals surface area (Å²) in [5.74, 6) is 0.771. The van der Waals surface area contributed by atoms with Gasteiger partial charge < -0.3 is 10.8 Å². The molecule has 15 heavy (non-hydrogen) atoms. The molecule has 3 heteroatoms. The second-order valence-electron chi connectivity index (χ2n) is 3.33. The molecule has 3 nitrogen and oxygen atoms in total. The topological polar surface area (TPSA) is 58.6 Å². The second kappa shape index (κ2) is 4.00. The maximum absolute atomic E-state index is 9.58. The number of aliphatic imine (C=N–C) groups is 1. The number of hydrogen-bond donors (Lipinski definition) is 2. The molecule has 1 aromatic carbocycles. The molecule has 0 saturated carbocycles. The quantitative estimate of drug-likeness (QED) is 0.728. The normalized spacial score (nSPS) is 17.9. The van der Waals surface area contributed by atoms with E-state index in [1.54, 1.807) is 18.3 Å². The predicted molar refractivity (Wildman–Crippen MR) is 61.5 cm³/mol. The first-order valence-electron chi connectivity index (χ1n) is 4.74.